The standard InChI is InChI=1S/C16H18N2O2S/c1-10-4-6-12(7-5-10)8-9-13-17-11(2)14(15(21)18-13)16(19)20-3/h4-7H,8-9H2,1-3H3,(H,17,18,21). The fourth-order valence-electron chi connectivity index (χ4n) is 2.12. The third-order valence-corrected chi connectivity index (χ3v) is 3.61. The molecule has 2 aromatic rings. The molecule has 1 aromatic heterocycles. The highest BCUT2D eigenvalue weighted by Gasteiger charge is 2.14. The van der Waals surface area contributed by atoms with Gasteiger partial charge in [-0.05, 0) is 25.8 Å². The van der Waals surface area contributed by atoms with Gasteiger partial charge in [0.2, 0.25) is 0 Å². The second-order valence-corrected chi connectivity index (χ2v) is 5.35. The van der Waals surface area contributed by atoms with Crippen LogP contribution < -0.4 is 0 Å². The van der Waals surface area contributed by atoms with Crippen LogP contribution in [0.2, 0.25) is 0 Å². The van der Waals surface area contributed by atoms with Gasteiger partial charge < -0.3 is 9.72 Å². The van der Waals surface area contributed by atoms with Crippen molar-refractivity contribution in [2.45, 2.75) is 26.7 Å². The average molecular weight is 302 g/mol. The monoisotopic (exact) mass is 302 g/mol. The van der Waals surface area contributed by atoms with E-state index < -0.39 is 5.97 Å². The highest BCUT2D eigenvalue weighted by atomic mass is 32.1. The Morgan fingerprint density at radius 3 is 2.48 bits per heavy atom. The number of carbonyl (C=O) groups is 1. The van der Waals surface area contributed by atoms with Crippen LogP contribution in [-0.2, 0) is 17.6 Å². The molecule has 0 bridgehead atoms. The zero-order valence-corrected chi connectivity index (χ0v) is 13.2. The van der Waals surface area contributed by atoms with Crippen LogP contribution in [0.4, 0.5) is 0 Å². The predicted molar refractivity (Wildman–Crippen MR) is 84.1 cm³/mol. The molecule has 0 saturated heterocycles. The van der Waals surface area contributed by atoms with E-state index in [1.165, 1.54) is 18.2 Å². The molecule has 1 N–H and O–H groups in total. The number of nitrogens with zero attached hydrogens (tertiary/aromatic N) is 1. The molecular formula is C16H18N2O2S. The number of aromatic nitrogens is 2. The molecule has 0 aliphatic rings. The van der Waals surface area contributed by atoms with Crippen LogP contribution in [0.5, 0.6) is 0 Å². The van der Waals surface area contributed by atoms with E-state index in [4.69, 9.17) is 17.0 Å². The van der Waals surface area contributed by atoms with Crippen LogP contribution in [0.15, 0.2) is 24.3 Å². The van der Waals surface area contributed by atoms with E-state index in [-0.39, 0.29) is 4.64 Å². The predicted octanol–water partition coefficient (Wildman–Crippen LogP) is 3.33. The third-order valence-electron chi connectivity index (χ3n) is 3.32. The number of ether oxygens (including phenoxy) is 1. The van der Waals surface area contributed by atoms with Gasteiger partial charge in [0.25, 0.3) is 0 Å². The summed E-state index contributed by atoms with van der Waals surface area (Å²) in [6.07, 6.45) is 1.62. The maximum absolute atomic E-state index is 11.6. The third kappa shape index (κ3) is 3.76. The Kier molecular flexibility index (Phi) is 4.85. The Morgan fingerprint density at radius 2 is 1.90 bits per heavy atom. The van der Waals surface area contributed by atoms with Gasteiger partial charge in [-0.1, -0.05) is 42.0 Å². The maximum Gasteiger partial charge on any atom is 0.342 e. The van der Waals surface area contributed by atoms with Gasteiger partial charge in [0.05, 0.1) is 7.11 Å². The quantitative estimate of drug-likeness (QED) is 0.695. The second-order valence-electron chi connectivity index (χ2n) is 4.97. The molecule has 0 spiro atoms. The Morgan fingerprint density at radius 1 is 1.24 bits per heavy atom. The number of H-pyrrole nitrogens is 1. The molecule has 0 aliphatic carbocycles. The van der Waals surface area contributed by atoms with Crippen LogP contribution in [0.25, 0.3) is 0 Å². The minimum atomic E-state index is -0.452. The molecule has 1 aromatic carbocycles. The SMILES string of the molecule is COC(=O)c1c(C)[nH]c(CCc2ccc(C)cc2)nc1=S. The van der Waals surface area contributed by atoms with Gasteiger partial charge in [-0.3, -0.25) is 0 Å². The summed E-state index contributed by atoms with van der Waals surface area (Å²) in [5.41, 5.74) is 3.53. The van der Waals surface area contributed by atoms with Crippen molar-refractivity contribution in [2.75, 3.05) is 7.11 Å². The van der Waals surface area contributed by atoms with E-state index in [2.05, 4.69) is 41.2 Å². The van der Waals surface area contributed by atoms with Crippen LogP contribution >= 0.6 is 12.2 Å². The zero-order valence-electron chi connectivity index (χ0n) is 12.4. The summed E-state index contributed by atoms with van der Waals surface area (Å²) in [4.78, 5) is 19.1. The van der Waals surface area contributed by atoms with E-state index >= 15 is 0 Å². The maximum atomic E-state index is 11.6. The number of benzene rings is 1. The lowest BCUT2D eigenvalue weighted by atomic mass is 10.1. The highest BCUT2D eigenvalue weighted by molar-refractivity contribution is 7.71. The number of methoxy groups -OCH3 is 1. The summed E-state index contributed by atoms with van der Waals surface area (Å²) in [6, 6.07) is 8.41. The van der Waals surface area contributed by atoms with Crippen LogP contribution in [-0.4, -0.2) is 23.0 Å². The number of rotatable bonds is 4. The Hall–Kier alpha value is -2.01. The van der Waals surface area contributed by atoms with Crippen LogP contribution in [0, 0.1) is 18.5 Å². The first-order valence-corrected chi connectivity index (χ1v) is 7.15. The van der Waals surface area contributed by atoms with E-state index in [0.717, 1.165) is 18.7 Å². The fraction of sp³-hybridized carbons (Fsp3) is 0.312. The summed E-state index contributed by atoms with van der Waals surface area (Å²) in [7, 11) is 1.34. The van der Waals surface area contributed by atoms with Crippen molar-refractivity contribution in [3.8, 4) is 0 Å². The van der Waals surface area contributed by atoms with Gasteiger partial charge >= 0.3 is 5.97 Å². The van der Waals surface area contributed by atoms with Gasteiger partial charge in [0.15, 0.2) is 0 Å². The number of hydrogen-bond donors (Lipinski definition) is 1. The van der Waals surface area contributed by atoms with Crippen molar-refractivity contribution in [1.29, 1.82) is 0 Å². The Bertz CT molecular complexity index is 705. The summed E-state index contributed by atoms with van der Waals surface area (Å²) < 4.78 is 5.00. The van der Waals surface area contributed by atoms with Crippen LogP contribution in [0.3, 0.4) is 0 Å². The molecule has 0 aliphatic heterocycles. The first-order valence-electron chi connectivity index (χ1n) is 6.75. The molecule has 21 heavy (non-hydrogen) atoms. The largest absolute Gasteiger partial charge is 0.465 e. The van der Waals surface area contributed by atoms with Gasteiger partial charge in [-0.2, -0.15) is 0 Å². The van der Waals surface area contributed by atoms with Crippen molar-refractivity contribution < 1.29 is 9.53 Å². The molecule has 0 unspecified atom stereocenters. The van der Waals surface area contributed by atoms with E-state index in [1.807, 2.05) is 0 Å². The van der Waals surface area contributed by atoms with Crippen LogP contribution in [0.1, 0.15) is 33.0 Å². The van der Waals surface area contributed by atoms with E-state index in [1.54, 1.807) is 6.92 Å². The lowest BCUT2D eigenvalue weighted by Crippen LogP contribution is -2.10. The lowest BCUT2D eigenvalue weighted by molar-refractivity contribution is 0.0598. The van der Waals surface area contributed by atoms with E-state index in [0.29, 0.717) is 11.3 Å². The molecule has 4 nitrogen and oxygen atoms in total. The van der Waals surface area contributed by atoms with Crippen molar-refractivity contribution in [3.63, 3.8) is 0 Å². The summed E-state index contributed by atoms with van der Waals surface area (Å²) in [6.45, 7) is 3.87. The first-order chi connectivity index (χ1) is 10.0. The molecule has 1 heterocycles. The number of nitrogens with one attached hydrogen (secondary N) is 1. The molecule has 0 atom stereocenters. The van der Waals surface area contributed by atoms with Gasteiger partial charge in [0, 0.05) is 12.1 Å². The molecule has 0 saturated carbocycles. The first kappa shape index (κ1) is 15.4. The molecule has 0 amide bonds. The minimum absolute atomic E-state index is 0.289. The molecular weight excluding hydrogens is 284 g/mol. The molecule has 5 heteroatoms. The minimum Gasteiger partial charge on any atom is -0.465 e. The number of aryl methyl sites for hydroxylation is 4. The molecule has 0 fully saturated rings. The number of carbonyl (C=O) groups excluding carboxylic acids is 1. The molecule has 110 valence electrons. The normalized spacial score (nSPS) is 10.4. The van der Waals surface area contributed by atoms with Gasteiger partial charge in [0.1, 0.15) is 16.0 Å². The van der Waals surface area contributed by atoms with Crippen molar-refractivity contribution in [3.05, 3.63) is 57.1 Å². The van der Waals surface area contributed by atoms with Crippen molar-refractivity contribution in [2.24, 2.45) is 0 Å². The average Bonchev–Trinajstić information content (AvgIpc) is 2.45. The van der Waals surface area contributed by atoms with Crippen molar-refractivity contribution in [1.82, 2.24) is 9.97 Å². The second kappa shape index (κ2) is 6.63. The lowest BCUT2D eigenvalue weighted by Gasteiger charge is -2.08. The summed E-state index contributed by atoms with van der Waals surface area (Å²) in [5, 5.41) is 0. The van der Waals surface area contributed by atoms with Gasteiger partial charge in [-0.15, -0.1) is 0 Å². The van der Waals surface area contributed by atoms with Gasteiger partial charge in [-0.25, -0.2) is 9.78 Å². The topological polar surface area (TPSA) is 55.0 Å². The zero-order chi connectivity index (χ0) is 15.4. The Labute approximate surface area is 129 Å². The number of aromatic amines is 1. The highest BCUT2D eigenvalue weighted by Crippen LogP contribution is 2.11. The number of esters is 1. The summed E-state index contributed by atoms with van der Waals surface area (Å²) in [5.74, 6) is 0.331. The fourth-order valence-corrected chi connectivity index (χ4v) is 2.47. The molecule has 2 rings (SSSR count). The van der Waals surface area contributed by atoms with E-state index in [9.17, 15) is 4.79 Å². The number of hydrogen-bond acceptors (Lipinski definition) is 4. The molecule has 0 radical (unpaired) electrons. The Balaban J connectivity index is 2.17. The summed E-state index contributed by atoms with van der Waals surface area (Å²) >= 11 is 5.19. The van der Waals surface area contributed by atoms with Crippen molar-refractivity contribution >= 4 is 18.2 Å². The smallest absolute Gasteiger partial charge is 0.342 e.